The van der Waals surface area contributed by atoms with Crippen molar-refractivity contribution in [3.63, 3.8) is 0 Å². The average molecular weight is 328 g/mol. The van der Waals surface area contributed by atoms with Crippen molar-refractivity contribution in [1.29, 1.82) is 0 Å². The van der Waals surface area contributed by atoms with Crippen LogP contribution in [-0.4, -0.2) is 17.6 Å². The summed E-state index contributed by atoms with van der Waals surface area (Å²) in [6.45, 7) is 2.02. The topological polar surface area (TPSA) is 52.3 Å². The SMILES string of the molecule is CCOC(=O)c1nc(-c2ccc(Cl)cc2)oc1-c1ccccc1. The Morgan fingerprint density at radius 1 is 1.09 bits per heavy atom. The lowest BCUT2D eigenvalue weighted by atomic mass is 10.1. The van der Waals surface area contributed by atoms with Crippen LogP contribution in [0.5, 0.6) is 0 Å². The van der Waals surface area contributed by atoms with E-state index >= 15 is 0 Å². The highest BCUT2D eigenvalue weighted by Crippen LogP contribution is 2.30. The van der Waals surface area contributed by atoms with Crippen LogP contribution in [0.3, 0.4) is 0 Å². The standard InChI is InChI=1S/C18H14ClNO3/c1-2-22-18(21)15-16(12-6-4-3-5-7-12)23-17(20-15)13-8-10-14(19)11-9-13/h3-11H,2H2,1H3. The van der Waals surface area contributed by atoms with E-state index in [4.69, 9.17) is 20.8 Å². The molecule has 116 valence electrons. The lowest BCUT2D eigenvalue weighted by Crippen LogP contribution is -2.06. The van der Waals surface area contributed by atoms with E-state index in [0.29, 0.717) is 16.7 Å². The summed E-state index contributed by atoms with van der Waals surface area (Å²) in [5, 5.41) is 0.620. The molecule has 0 bridgehead atoms. The van der Waals surface area contributed by atoms with Gasteiger partial charge in [-0.1, -0.05) is 41.9 Å². The molecule has 0 atom stereocenters. The van der Waals surface area contributed by atoms with Gasteiger partial charge in [0.05, 0.1) is 6.61 Å². The van der Waals surface area contributed by atoms with Crippen LogP contribution in [-0.2, 0) is 4.74 Å². The van der Waals surface area contributed by atoms with Gasteiger partial charge in [-0.3, -0.25) is 0 Å². The fourth-order valence-corrected chi connectivity index (χ4v) is 2.29. The van der Waals surface area contributed by atoms with Crippen molar-refractivity contribution in [1.82, 2.24) is 4.98 Å². The molecule has 0 aliphatic heterocycles. The van der Waals surface area contributed by atoms with Gasteiger partial charge in [0.2, 0.25) is 5.89 Å². The van der Waals surface area contributed by atoms with Gasteiger partial charge in [0.1, 0.15) is 0 Å². The predicted molar refractivity (Wildman–Crippen MR) is 88.3 cm³/mol. The van der Waals surface area contributed by atoms with E-state index in [0.717, 1.165) is 11.1 Å². The molecule has 4 nitrogen and oxygen atoms in total. The van der Waals surface area contributed by atoms with Crippen molar-refractivity contribution in [2.24, 2.45) is 0 Å². The molecular formula is C18H14ClNO3. The summed E-state index contributed by atoms with van der Waals surface area (Å²) in [6.07, 6.45) is 0. The van der Waals surface area contributed by atoms with Gasteiger partial charge in [0.25, 0.3) is 0 Å². The molecule has 0 amide bonds. The van der Waals surface area contributed by atoms with Gasteiger partial charge in [0.15, 0.2) is 11.5 Å². The first-order chi connectivity index (χ1) is 11.2. The van der Waals surface area contributed by atoms with Crippen molar-refractivity contribution >= 4 is 17.6 Å². The highest BCUT2D eigenvalue weighted by Gasteiger charge is 2.23. The van der Waals surface area contributed by atoms with Crippen molar-refractivity contribution in [2.75, 3.05) is 6.61 Å². The van der Waals surface area contributed by atoms with E-state index < -0.39 is 5.97 Å². The molecule has 0 saturated heterocycles. The van der Waals surface area contributed by atoms with Gasteiger partial charge >= 0.3 is 5.97 Å². The predicted octanol–water partition coefficient (Wildman–Crippen LogP) is 4.84. The maximum atomic E-state index is 12.2. The Morgan fingerprint density at radius 2 is 1.78 bits per heavy atom. The van der Waals surface area contributed by atoms with E-state index in [-0.39, 0.29) is 12.3 Å². The van der Waals surface area contributed by atoms with E-state index in [1.165, 1.54) is 0 Å². The van der Waals surface area contributed by atoms with Crippen LogP contribution < -0.4 is 0 Å². The molecular weight excluding hydrogens is 314 g/mol. The number of esters is 1. The van der Waals surface area contributed by atoms with E-state index in [1.54, 1.807) is 31.2 Å². The number of oxazole rings is 1. The molecule has 0 saturated carbocycles. The van der Waals surface area contributed by atoms with Gasteiger partial charge < -0.3 is 9.15 Å². The first-order valence-corrected chi connectivity index (χ1v) is 7.56. The maximum absolute atomic E-state index is 12.2. The molecule has 0 aliphatic rings. The molecule has 3 aromatic rings. The molecule has 0 radical (unpaired) electrons. The largest absolute Gasteiger partial charge is 0.461 e. The second-order valence-electron chi connectivity index (χ2n) is 4.79. The van der Waals surface area contributed by atoms with E-state index in [1.807, 2.05) is 30.3 Å². The Kier molecular flexibility index (Phi) is 4.44. The summed E-state index contributed by atoms with van der Waals surface area (Å²) in [6, 6.07) is 16.4. The maximum Gasteiger partial charge on any atom is 0.361 e. The number of carbonyl (C=O) groups is 1. The zero-order valence-electron chi connectivity index (χ0n) is 12.5. The molecule has 5 heteroatoms. The first-order valence-electron chi connectivity index (χ1n) is 7.18. The highest BCUT2D eigenvalue weighted by atomic mass is 35.5. The molecule has 0 fully saturated rings. The molecule has 0 unspecified atom stereocenters. The summed E-state index contributed by atoms with van der Waals surface area (Å²) in [5.74, 6) is 0.243. The summed E-state index contributed by atoms with van der Waals surface area (Å²) in [5.41, 5.74) is 1.67. The van der Waals surface area contributed by atoms with Crippen molar-refractivity contribution in [2.45, 2.75) is 6.92 Å². The van der Waals surface area contributed by atoms with Crippen LogP contribution in [0, 0.1) is 0 Å². The average Bonchev–Trinajstić information content (AvgIpc) is 3.02. The number of aromatic nitrogens is 1. The Labute approximate surface area is 138 Å². The van der Waals surface area contributed by atoms with Crippen LogP contribution >= 0.6 is 11.6 Å². The molecule has 0 aliphatic carbocycles. The number of hydrogen-bond donors (Lipinski definition) is 0. The van der Waals surface area contributed by atoms with Crippen LogP contribution in [0.4, 0.5) is 0 Å². The van der Waals surface area contributed by atoms with Crippen molar-refractivity contribution in [3.8, 4) is 22.8 Å². The van der Waals surface area contributed by atoms with Crippen molar-refractivity contribution < 1.29 is 13.9 Å². The smallest absolute Gasteiger partial charge is 0.361 e. The number of carbonyl (C=O) groups excluding carboxylic acids is 1. The molecule has 1 aromatic heterocycles. The lowest BCUT2D eigenvalue weighted by Gasteiger charge is -2.00. The molecule has 23 heavy (non-hydrogen) atoms. The second-order valence-corrected chi connectivity index (χ2v) is 5.23. The molecule has 3 rings (SSSR count). The van der Waals surface area contributed by atoms with E-state index in [2.05, 4.69) is 4.98 Å². The van der Waals surface area contributed by atoms with Gasteiger partial charge in [0, 0.05) is 16.1 Å². The minimum Gasteiger partial charge on any atom is -0.461 e. The number of ether oxygens (including phenoxy) is 1. The minimum atomic E-state index is -0.504. The molecule has 0 N–H and O–H groups in total. The summed E-state index contributed by atoms with van der Waals surface area (Å²) in [4.78, 5) is 16.5. The van der Waals surface area contributed by atoms with Gasteiger partial charge in [-0.05, 0) is 31.2 Å². The third kappa shape index (κ3) is 3.27. The van der Waals surface area contributed by atoms with Crippen LogP contribution in [0.2, 0.25) is 5.02 Å². The Bertz CT molecular complexity index is 810. The second kappa shape index (κ2) is 6.67. The van der Waals surface area contributed by atoms with Gasteiger partial charge in [-0.2, -0.15) is 0 Å². The highest BCUT2D eigenvalue weighted by molar-refractivity contribution is 6.30. The van der Waals surface area contributed by atoms with Crippen LogP contribution in [0.25, 0.3) is 22.8 Å². The molecule has 0 spiro atoms. The summed E-state index contributed by atoms with van der Waals surface area (Å²) in [7, 11) is 0. The lowest BCUT2D eigenvalue weighted by molar-refractivity contribution is 0.0520. The zero-order chi connectivity index (χ0) is 16.2. The fourth-order valence-electron chi connectivity index (χ4n) is 2.16. The summed E-state index contributed by atoms with van der Waals surface area (Å²) >= 11 is 5.90. The van der Waals surface area contributed by atoms with Gasteiger partial charge in [-0.15, -0.1) is 0 Å². The summed E-state index contributed by atoms with van der Waals surface area (Å²) < 4.78 is 10.9. The molecule has 1 heterocycles. The monoisotopic (exact) mass is 327 g/mol. The van der Waals surface area contributed by atoms with Crippen LogP contribution in [0.1, 0.15) is 17.4 Å². The minimum absolute atomic E-state index is 0.169. The normalized spacial score (nSPS) is 10.5. The molecule has 2 aromatic carbocycles. The van der Waals surface area contributed by atoms with E-state index in [9.17, 15) is 4.79 Å². The zero-order valence-corrected chi connectivity index (χ0v) is 13.2. The number of rotatable bonds is 4. The third-order valence-corrected chi connectivity index (χ3v) is 3.48. The fraction of sp³-hybridized carbons (Fsp3) is 0.111. The number of nitrogens with zero attached hydrogens (tertiary/aromatic N) is 1. The Balaban J connectivity index is 2.10. The number of benzene rings is 2. The Morgan fingerprint density at radius 3 is 2.43 bits per heavy atom. The quantitative estimate of drug-likeness (QED) is 0.643. The van der Waals surface area contributed by atoms with Crippen LogP contribution in [0.15, 0.2) is 59.0 Å². The first kappa shape index (κ1) is 15.3. The number of hydrogen-bond acceptors (Lipinski definition) is 4. The van der Waals surface area contributed by atoms with Crippen molar-refractivity contribution in [3.05, 3.63) is 65.3 Å². The number of halogens is 1. The van der Waals surface area contributed by atoms with Gasteiger partial charge in [-0.25, -0.2) is 9.78 Å². The third-order valence-electron chi connectivity index (χ3n) is 3.22. The Hall–Kier alpha value is -2.59.